The number of halogens is 2. The molecule has 0 aliphatic carbocycles. The number of benzene rings is 2. The molecule has 2 heterocycles. The van der Waals surface area contributed by atoms with Crippen LogP contribution in [0.3, 0.4) is 0 Å². The van der Waals surface area contributed by atoms with Crippen LogP contribution in [0.5, 0.6) is 0 Å². The van der Waals surface area contributed by atoms with Gasteiger partial charge in [-0.1, -0.05) is 23.7 Å². The third kappa shape index (κ3) is 6.66. The number of aromatic nitrogens is 1. The molecule has 0 radical (unpaired) electrons. The molecule has 3 aromatic rings. The maximum absolute atomic E-state index is 13.5. The van der Waals surface area contributed by atoms with Crippen LogP contribution in [0.1, 0.15) is 39.1 Å². The van der Waals surface area contributed by atoms with Crippen molar-refractivity contribution in [2.45, 2.75) is 26.0 Å². The van der Waals surface area contributed by atoms with Crippen molar-refractivity contribution in [1.82, 2.24) is 14.4 Å². The number of amides is 2. The second-order valence-corrected chi connectivity index (χ2v) is 10.4. The van der Waals surface area contributed by atoms with Gasteiger partial charge in [-0.3, -0.25) is 14.4 Å². The summed E-state index contributed by atoms with van der Waals surface area (Å²) < 4.78 is 25.6. The Kier molecular flexibility index (Phi) is 9.37. The largest absolute Gasteiger partial charge is 0.382 e. The van der Waals surface area contributed by atoms with Crippen molar-refractivity contribution in [2.75, 3.05) is 47.5 Å². The molecular formula is C29H33ClFN3O5. The fourth-order valence-electron chi connectivity index (χ4n) is 4.85. The summed E-state index contributed by atoms with van der Waals surface area (Å²) in [7, 11) is 4.60. The van der Waals surface area contributed by atoms with Gasteiger partial charge in [-0.15, -0.1) is 0 Å². The molecule has 1 saturated heterocycles. The molecule has 1 aliphatic rings. The summed E-state index contributed by atoms with van der Waals surface area (Å²) in [4.78, 5) is 42.1. The molecule has 0 unspecified atom stereocenters. The number of methoxy groups -OCH3 is 1. The van der Waals surface area contributed by atoms with Crippen LogP contribution in [0.15, 0.2) is 42.6 Å². The number of fused-ring (bicyclic) bond motifs is 1. The average molecular weight is 558 g/mol. The highest BCUT2D eigenvalue weighted by Gasteiger charge is 2.28. The van der Waals surface area contributed by atoms with Crippen LogP contribution in [-0.2, 0) is 27.4 Å². The third-order valence-corrected chi connectivity index (χ3v) is 7.36. The van der Waals surface area contributed by atoms with Gasteiger partial charge in [0.25, 0.3) is 17.6 Å². The van der Waals surface area contributed by atoms with Gasteiger partial charge in [0, 0.05) is 45.9 Å². The first kappa shape index (κ1) is 28.7. The molecule has 0 saturated carbocycles. The van der Waals surface area contributed by atoms with Gasteiger partial charge in [0.1, 0.15) is 12.5 Å². The number of piperidine rings is 1. The minimum absolute atomic E-state index is 0.120. The molecule has 2 amide bonds. The van der Waals surface area contributed by atoms with E-state index < -0.39 is 11.7 Å². The number of carbonyl (C=O) groups excluding carboxylic acids is 3. The Bertz CT molecular complexity index is 1350. The van der Waals surface area contributed by atoms with Crippen molar-refractivity contribution in [3.05, 3.63) is 70.1 Å². The van der Waals surface area contributed by atoms with Crippen molar-refractivity contribution >= 4 is 40.1 Å². The molecule has 0 bridgehead atoms. The van der Waals surface area contributed by atoms with Crippen LogP contribution in [0.2, 0.25) is 5.02 Å². The highest BCUT2D eigenvalue weighted by Crippen LogP contribution is 2.31. The van der Waals surface area contributed by atoms with Gasteiger partial charge < -0.3 is 23.8 Å². The van der Waals surface area contributed by atoms with Crippen molar-refractivity contribution in [3.63, 3.8) is 0 Å². The number of Topliss-reactive ketones (excluding diaryl/α,β-unsaturated/α-hetero) is 1. The number of carbonyl (C=O) groups is 3. The molecular weight excluding hydrogens is 525 g/mol. The number of ether oxygens (including phenoxy) is 2. The predicted molar refractivity (Wildman–Crippen MR) is 147 cm³/mol. The number of ketones is 1. The van der Waals surface area contributed by atoms with E-state index in [1.54, 1.807) is 47.0 Å². The van der Waals surface area contributed by atoms with Crippen LogP contribution in [0, 0.1) is 11.7 Å². The number of likely N-dealkylation sites (tertiary alicyclic amines) is 1. The Balaban J connectivity index is 1.56. The van der Waals surface area contributed by atoms with E-state index in [2.05, 4.69) is 0 Å². The minimum Gasteiger partial charge on any atom is -0.382 e. The molecule has 0 spiro atoms. The highest BCUT2D eigenvalue weighted by molar-refractivity contribution is 6.45. The van der Waals surface area contributed by atoms with E-state index >= 15 is 0 Å². The summed E-state index contributed by atoms with van der Waals surface area (Å²) in [5.74, 6) is -1.42. The van der Waals surface area contributed by atoms with Gasteiger partial charge in [0.05, 0.1) is 34.9 Å². The molecule has 1 aliphatic heterocycles. The smallest absolute Gasteiger partial charge is 0.294 e. The van der Waals surface area contributed by atoms with Gasteiger partial charge in [-0.25, -0.2) is 4.39 Å². The van der Waals surface area contributed by atoms with E-state index in [-0.39, 0.29) is 34.6 Å². The molecule has 1 aromatic heterocycles. The van der Waals surface area contributed by atoms with E-state index in [9.17, 15) is 18.8 Å². The Morgan fingerprint density at radius 1 is 1.05 bits per heavy atom. The summed E-state index contributed by atoms with van der Waals surface area (Å²) in [6, 6.07) is 9.79. The molecule has 0 N–H and O–H groups in total. The molecule has 208 valence electrons. The Labute approximate surface area is 232 Å². The SMILES string of the molecule is COCCOCn1cc(C(=O)C(=O)N(C)C)c2cc(C(=O)N3CCC(Cc4ccc(F)cc4)CC3)c(Cl)cc21. The van der Waals surface area contributed by atoms with Crippen molar-refractivity contribution in [2.24, 2.45) is 5.92 Å². The summed E-state index contributed by atoms with van der Waals surface area (Å²) >= 11 is 6.61. The number of likely N-dealkylation sites (N-methyl/N-ethyl adjacent to an activating group) is 1. The Hall–Kier alpha value is -3.27. The monoisotopic (exact) mass is 557 g/mol. The molecule has 10 heteroatoms. The summed E-state index contributed by atoms with van der Waals surface area (Å²) in [6.45, 7) is 2.01. The van der Waals surface area contributed by atoms with Gasteiger partial charge in [-0.2, -0.15) is 0 Å². The fourth-order valence-corrected chi connectivity index (χ4v) is 5.09. The molecule has 39 heavy (non-hydrogen) atoms. The predicted octanol–water partition coefficient (Wildman–Crippen LogP) is 4.42. The first-order valence-electron chi connectivity index (χ1n) is 12.9. The maximum atomic E-state index is 13.5. The lowest BCUT2D eigenvalue weighted by molar-refractivity contribution is -0.124. The van der Waals surface area contributed by atoms with Crippen LogP contribution in [-0.4, -0.2) is 79.5 Å². The van der Waals surface area contributed by atoms with Crippen LogP contribution in [0.25, 0.3) is 10.9 Å². The zero-order valence-electron chi connectivity index (χ0n) is 22.4. The van der Waals surface area contributed by atoms with Crippen molar-refractivity contribution in [1.29, 1.82) is 0 Å². The van der Waals surface area contributed by atoms with E-state index in [1.165, 1.54) is 31.1 Å². The maximum Gasteiger partial charge on any atom is 0.294 e. The Morgan fingerprint density at radius 2 is 1.74 bits per heavy atom. The third-order valence-electron chi connectivity index (χ3n) is 7.05. The number of hydrogen-bond acceptors (Lipinski definition) is 5. The van der Waals surface area contributed by atoms with Gasteiger partial charge in [-0.05, 0) is 55.0 Å². The summed E-state index contributed by atoms with van der Waals surface area (Å²) in [5, 5.41) is 0.722. The second kappa shape index (κ2) is 12.7. The first-order valence-corrected chi connectivity index (χ1v) is 13.3. The zero-order chi connectivity index (χ0) is 28.1. The minimum atomic E-state index is -0.678. The second-order valence-electron chi connectivity index (χ2n) is 9.99. The van der Waals surface area contributed by atoms with E-state index in [4.69, 9.17) is 21.1 Å². The van der Waals surface area contributed by atoms with Crippen LogP contribution in [0.4, 0.5) is 4.39 Å². The average Bonchev–Trinajstić information content (AvgIpc) is 3.28. The molecule has 0 atom stereocenters. The standard InChI is InChI=1S/C29H33ClFN3O5/c1-32(2)29(37)27(35)24-17-34(18-39-13-12-38-3)26-16-25(30)23(15-22(24)26)28(36)33-10-8-20(9-11-33)14-19-4-6-21(31)7-5-19/h4-7,15-17,20H,8-14,18H2,1-3H3. The van der Waals surface area contributed by atoms with E-state index in [1.807, 2.05) is 0 Å². The molecule has 2 aromatic carbocycles. The number of rotatable bonds is 10. The molecule has 8 nitrogen and oxygen atoms in total. The number of hydrogen-bond donors (Lipinski definition) is 0. The summed E-state index contributed by atoms with van der Waals surface area (Å²) in [6.07, 6.45) is 4.03. The van der Waals surface area contributed by atoms with Crippen LogP contribution >= 0.6 is 11.6 Å². The molecule has 1 fully saturated rings. The zero-order valence-corrected chi connectivity index (χ0v) is 23.2. The highest BCUT2D eigenvalue weighted by atomic mass is 35.5. The lowest BCUT2D eigenvalue weighted by atomic mass is 9.90. The quantitative estimate of drug-likeness (QED) is 0.209. The fraction of sp³-hybridized carbons (Fsp3) is 0.414. The lowest BCUT2D eigenvalue weighted by Gasteiger charge is -2.32. The molecule has 4 rings (SSSR count). The van der Waals surface area contributed by atoms with Crippen LogP contribution < -0.4 is 0 Å². The van der Waals surface area contributed by atoms with Crippen molar-refractivity contribution < 1.29 is 28.2 Å². The Morgan fingerprint density at radius 3 is 2.38 bits per heavy atom. The first-order chi connectivity index (χ1) is 18.7. The van der Waals surface area contributed by atoms with E-state index in [0.29, 0.717) is 43.1 Å². The normalized spacial score (nSPS) is 14.1. The van der Waals surface area contributed by atoms with Crippen molar-refractivity contribution in [3.8, 4) is 0 Å². The van der Waals surface area contributed by atoms with E-state index in [0.717, 1.165) is 24.8 Å². The number of nitrogens with zero attached hydrogens (tertiary/aromatic N) is 3. The lowest BCUT2D eigenvalue weighted by Crippen LogP contribution is -2.39. The van der Waals surface area contributed by atoms with Gasteiger partial charge in [0.15, 0.2) is 0 Å². The van der Waals surface area contributed by atoms with Gasteiger partial charge in [0.2, 0.25) is 0 Å². The van der Waals surface area contributed by atoms with Gasteiger partial charge >= 0.3 is 0 Å². The topological polar surface area (TPSA) is 81.1 Å². The summed E-state index contributed by atoms with van der Waals surface area (Å²) in [5.41, 5.74) is 2.13.